The molecule has 0 aliphatic carbocycles. The van der Waals surface area contributed by atoms with Crippen LogP contribution in [0.1, 0.15) is 207 Å². The number of hydrogen-bond donors (Lipinski definition) is 3. The minimum atomic E-state index is -0.839. The largest absolute Gasteiger partial charge is 0.458 e. The van der Waals surface area contributed by atoms with E-state index in [2.05, 4.69) is 99.0 Å². The van der Waals surface area contributed by atoms with Gasteiger partial charge < -0.3 is 20.3 Å². The van der Waals surface area contributed by atoms with E-state index in [1.54, 1.807) is 6.08 Å². The first-order valence-corrected chi connectivity index (χ1v) is 27.2. The molecule has 3 atom stereocenters. The Morgan fingerprint density at radius 2 is 0.882 bits per heavy atom. The van der Waals surface area contributed by atoms with Crippen molar-refractivity contribution >= 4 is 11.9 Å². The molecule has 0 saturated carbocycles. The number of unbranched alkanes of at least 4 members (excludes halogenated alkanes) is 17. The summed E-state index contributed by atoms with van der Waals surface area (Å²) in [5.74, 6) is -0.696. The maximum absolute atomic E-state index is 13.2. The Bertz CT molecular complexity index is 1520. The van der Waals surface area contributed by atoms with Crippen molar-refractivity contribution in [2.45, 2.75) is 225 Å². The molecule has 382 valence electrons. The third-order valence-electron chi connectivity index (χ3n) is 11.3. The zero-order valence-corrected chi connectivity index (χ0v) is 43.4. The first-order valence-electron chi connectivity index (χ1n) is 27.2. The highest BCUT2D eigenvalue weighted by molar-refractivity contribution is 5.78. The SMILES string of the molecule is CC\C=C/C=C/C=C/C=C\C=C\C=C\CCCCCC(=O)OC(/C=C\C/C=C\C/C=C\C/C=C\C/C=C\C/C=C\CC)CC(=O)NC(CO)C(O)CCCCCCCCCCCCCCCCC. The first kappa shape index (κ1) is 63.7. The Labute approximate surface area is 417 Å². The summed E-state index contributed by atoms with van der Waals surface area (Å²) in [5, 5.41) is 23.8. The van der Waals surface area contributed by atoms with Gasteiger partial charge in [0.15, 0.2) is 0 Å². The molecule has 0 saturated heterocycles. The van der Waals surface area contributed by atoms with Crippen LogP contribution in [0.25, 0.3) is 0 Å². The highest BCUT2D eigenvalue weighted by atomic mass is 16.5. The molecule has 0 fully saturated rings. The molecule has 0 aromatic rings. The number of allylic oxidation sites excluding steroid dienone is 23. The van der Waals surface area contributed by atoms with Crippen LogP contribution in [0.2, 0.25) is 0 Å². The number of nitrogens with one attached hydrogen (secondary N) is 1. The van der Waals surface area contributed by atoms with Crippen LogP contribution in [0.3, 0.4) is 0 Å². The number of esters is 1. The zero-order valence-electron chi connectivity index (χ0n) is 43.4. The molecular formula is C62H99NO5. The lowest BCUT2D eigenvalue weighted by molar-refractivity contribution is -0.148. The van der Waals surface area contributed by atoms with E-state index in [9.17, 15) is 19.8 Å². The molecular weight excluding hydrogens is 839 g/mol. The van der Waals surface area contributed by atoms with Gasteiger partial charge in [0.25, 0.3) is 0 Å². The van der Waals surface area contributed by atoms with E-state index in [-0.39, 0.29) is 31.3 Å². The number of carbonyl (C=O) groups excluding carboxylic acids is 2. The highest BCUT2D eigenvalue weighted by Crippen LogP contribution is 2.16. The van der Waals surface area contributed by atoms with E-state index in [0.717, 1.165) is 77.0 Å². The van der Waals surface area contributed by atoms with Gasteiger partial charge in [0.1, 0.15) is 6.10 Å². The fraction of sp³-hybridized carbons (Fsp3) is 0.581. The number of aliphatic hydroxyl groups excluding tert-OH is 2. The number of carbonyl (C=O) groups is 2. The van der Waals surface area contributed by atoms with Crippen LogP contribution in [-0.4, -0.2) is 46.9 Å². The van der Waals surface area contributed by atoms with E-state index < -0.39 is 18.2 Å². The molecule has 0 spiro atoms. The van der Waals surface area contributed by atoms with E-state index in [1.165, 1.54) is 77.0 Å². The molecule has 0 aliphatic heterocycles. The molecule has 0 bridgehead atoms. The van der Waals surface area contributed by atoms with Crippen LogP contribution in [0.5, 0.6) is 0 Å². The summed E-state index contributed by atoms with van der Waals surface area (Å²) in [6.07, 6.45) is 77.9. The van der Waals surface area contributed by atoms with Gasteiger partial charge in [0.2, 0.25) is 5.91 Å². The smallest absolute Gasteiger partial charge is 0.306 e. The molecule has 3 N–H and O–H groups in total. The highest BCUT2D eigenvalue weighted by Gasteiger charge is 2.23. The molecule has 0 radical (unpaired) electrons. The van der Waals surface area contributed by atoms with E-state index in [0.29, 0.717) is 19.3 Å². The Morgan fingerprint density at radius 3 is 1.35 bits per heavy atom. The van der Waals surface area contributed by atoms with Gasteiger partial charge in [-0.25, -0.2) is 0 Å². The molecule has 0 aromatic heterocycles. The normalized spacial score (nSPS) is 14.4. The maximum atomic E-state index is 13.2. The third kappa shape index (κ3) is 48.2. The first-order chi connectivity index (χ1) is 33.5. The van der Waals surface area contributed by atoms with Gasteiger partial charge >= 0.3 is 5.97 Å². The van der Waals surface area contributed by atoms with E-state index in [4.69, 9.17) is 4.74 Å². The second kappa shape index (κ2) is 53.7. The van der Waals surface area contributed by atoms with Crippen LogP contribution in [-0.2, 0) is 14.3 Å². The van der Waals surface area contributed by atoms with Gasteiger partial charge in [0, 0.05) is 6.42 Å². The second-order valence-electron chi connectivity index (χ2n) is 17.7. The quantitative estimate of drug-likeness (QED) is 0.0245. The Kier molecular flexibility index (Phi) is 50.3. The minimum absolute atomic E-state index is 0.0758. The third-order valence-corrected chi connectivity index (χ3v) is 11.3. The summed E-state index contributed by atoms with van der Waals surface area (Å²) >= 11 is 0. The molecule has 0 heterocycles. The van der Waals surface area contributed by atoms with Crippen molar-refractivity contribution in [1.82, 2.24) is 5.32 Å². The molecule has 6 heteroatoms. The Morgan fingerprint density at radius 1 is 0.471 bits per heavy atom. The van der Waals surface area contributed by atoms with Crippen LogP contribution in [0, 0.1) is 0 Å². The monoisotopic (exact) mass is 938 g/mol. The van der Waals surface area contributed by atoms with Gasteiger partial charge in [-0.05, 0) is 76.7 Å². The van der Waals surface area contributed by atoms with Gasteiger partial charge in [-0.1, -0.05) is 263 Å². The Hall–Kier alpha value is -4.26. The fourth-order valence-electron chi connectivity index (χ4n) is 7.28. The Balaban J connectivity index is 4.87. The summed E-state index contributed by atoms with van der Waals surface area (Å²) in [6, 6.07) is -0.764. The van der Waals surface area contributed by atoms with Gasteiger partial charge in [0.05, 0.1) is 25.2 Å². The van der Waals surface area contributed by atoms with Gasteiger partial charge in [-0.15, -0.1) is 0 Å². The van der Waals surface area contributed by atoms with E-state index >= 15 is 0 Å². The summed E-state index contributed by atoms with van der Waals surface area (Å²) in [5.41, 5.74) is 0. The molecule has 0 aliphatic rings. The van der Waals surface area contributed by atoms with Crippen molar-refractivity contribution < 1.29 is 24.5 Å². The zero-order chi connectivity index (χ0) is 49.5. The van der Waals surface area contributed by atoms with Crippen molar-refractivity contribution in [3.63, 3.8) is 0 Å². The lowest BCUT2D eigenvalue weighted by Gasteiger charge is -2.23. The van der Waals surface area contributed by atoms with Crippen LogP contribution >= 0.6 is 0 Å². The summed E-state index contributed by atoms with van der Waals surface area (Å²) < 4.78 is 5.81. The number of amides is 1. The summed E-state index contributed by atoms with van der Waals surface area (Å²) in [7, 11) is 0. The van der Waals surface area contributed by atoms with Crippen molar-refractivity contribution in [2.75, 3.05) is 6.61 Å². The molecule has 1 amide bonds. The second-order valence-corrected chi connectivity index (χ2v) is 17.7. The summed E-state index contributed by atoms with van der Waals surface area (Å²) in [6.45, 7) is 6.17. The fourth-order valence-corrected chi connectivity index (χ4v) is 7.28. The van der Waals surface area contributed by atoms with Crippen molar-refractivity contribution in [2.24, 2.45) is 0 Å². The number of ether oxygens (including phenoxy) is 1. The average Bonchev–Trinajstić information content (AvgIpc) is 3.33. The molecule has 0 aromatic carbocycles. The lowest BCUT2D eigenvalue weighted by atomic mass is 10.0. The lowest BCUT2D eigenvalue weighted by Crippen LogP contribution is -2.46. The summed E-state index contributed by atoms with van der Waals surface area (Å²) in [4.78, 5) is 26.2. The minimum Gasteiger partial charge on any atom is -0.458 e. The van der Waals surface area contributed by atoms with Crippen LogP contribution in [0.15, 0.2) is 146 Å². The van der Waals surface area contributed by atoms with Crippen molar-refractivity contribution in [3.8, 4) is 0 Å². The van der Waals surface area contributed by atoms with E-state index in [1.807, 2.05) is 66.8 Å². The number of hydrogen-bond acceptors (Lipinski definition) is 5. The maximum Gasteiger partial charge on any atom is 0.306 e. The number of aliphatic hydroxyl groups is 2. The molecule has 3 unspecified atom stereocenters. The molecule has 0 rings (SSSR count). The topological polar surface area (TPSA) is 95.9 Å². The van der Waals surface area contributed by atoms with Crippen molar-refractivity contribution in [3.05, 3.63) is 146 Å². The van der Waals surface area contributed by atoms with Gasteiger partial charge in [-0.3, -0.25) is 9.59 Å². The number of rotatable bonds is 46. The predicted octanol–water partition coefficient (Wildman–Crippen LogP) is 16.8. The van der Waals surface area contributed by atoms with Crippen molar-refractivity contribution in [1.29, 1.82) is 0 Å². The van der Waals surface area contributed by atoms with Crippen LogP contribution in [0.4, 0.5) is 0 Å². The standard InChI is InChI=1S/C62H99NO5/c1-4-7-10-13-16-19-22-25-28-30-33-35-38-41-44-47-50-53-58(68-62(67)55-52-49-46-43-40-37-34-31-29-26-23-20-17-14-11-8-5-2)56-61(66)63-59(57-64)60(65)54-51-48-45-42-39-36-32-27-24-21-18-15-12-9-6-3/h7-8,10-11,14,16-17,19-20,23,25-26,28-29,31,33-35,37,40-41,44,50,53,58-60,64-65H,4-6,9,12-13,15,18,21-22,24,27,30,32,36,38-39,42-43,45-49,51-52,54-57H2,1-3H3,(H,63,66)/b10-7-,11-8-,17-14+,19-16-,23-20+,28-25-,29-26-,34-31+,35-33-,40-37+,44-41-,53-50-. The van der Waals surface area contributed by atoms with Gasteiger partial charge in [-0.2, -0.15) is 0 Å². The molecule has 6 nitrogen and oxygen atoms in total. The molecule has 68 heavy (non-hydrogen) atoms. The van der Waals surface area contributed by atoms with Crippen LogP contribution < -0.4 is 5.32 Å². The predicted molar refractivity (Wildman–Crippen MR) is 295 cm³/mol. The average molecular weight is 938 g/mol.